The molecule has 26 heavy (non-hydrogen) atoms. The zero-order chi connectivity index (χ0) is 19.9. The molecule has 0 bridgehead atoms. The van der Waals surface area contributed by atoms with Gasteiger partial charge < -0.3 is 9.47 Å². The summed E-state index contributed by atoms with van der Waals surface area (Å²) in [5.74, 6) is -0.776. The number of carbonyl (C=O) groups excluding carboxylic acids is 3. The summed E-state index contributed by atoms with van der Waals surface area (Å²) in [6.07, 6.45) is -1.79. The fraction of sp³-hybridized carbons (Fsp3) is 0.444. The molecule has 0 fully saturated rings. The van der Waals surface area contributed by atoms with Crippen LogP contribution in [-0.2, 0) is 14.3 Å². The lowest BCUT2D eigenvalue weighted by atomic mass is 10.1. The number of hydrogen-bond donors (Lipinski definition) is 0. The molecule has 0 atom stereocenters. The first-order valence-corrected chi connectivity index (χ1v) is 8.35. The second-order valence-corrected chi connectivity index (χ2v) is 8.16. The van der Waals surface area contributed by atoms with Crippen LogP contribution < -0.4 is 4.90 Å². The molecule has 1 heterocycles. The van der Waals surface area contributed by atoms with Gasteiger partial charge in [-0.25, -0.2) is 14.5 Å². The number of amides is 3. The molecule has 0 spiro atoms. The number of fused-ring (bicyclic) bond motifs is 1. The first-order chi connectivity index (χ1) is 11.8. The third-order valence-electron chi connectivity index (χ3n) is 3.03. The molecule has 140 valence electrons. The zero-order valence-electron chi connectivity index (χ0n) is 15.5. The number of aliphatic imine (C=N–C) groups is 1. The molecule has 0 saturated carbocycles. The Morgan fingerprint density at radius 1 is 1.04 bits per heavy atom. The van der Waals surface area contributed by atoms with E-state index in [-0.39, 0.29) is 17.0 Å². The number of halogens is 1. The summed E-state index contributed by atoms with van der Waals surface area (Å²) in [6, 6.07) is 4.49. The van der Waals surface area contributed by atoms with Crippen molar-refractivity contribution in [1.82, 2.24) is 0 Å². The van der Waals surface area contributed by atoms with Crippen LogP contribution in [0.25, 0.3) is 0 Å². The van der Waals surface area contributed by atoms with E-state index in [1.165, 1.54) is 18.2 Å². The van der Waals surface area contributed by atoms with Gasteiger partial charge in [0.25, 0.3) is 5.91 Å². The summed E-state index contributed by atoms with van der Waals surface area (Å²) in [4.78, 5) is 41.8. The molecule has 8 heteroatoms. The van der Waals surface area contributed by atoms with Crippen molar-refractivity contribution >= 4 is 41.1 Å². The van der Waals surface area contributed by atoms with E-state index in [1.807, 2.05) is 0 Å². The minimum Gasteiger partial charge on any atom is -0.443 e. The third kappa shape index (κ3) is 4.60. The third-order valence-corrected chi connectivity index (χ3v) is 3.27. The number of nitrogens with zero attached hydrogens (tertiary/aromatic N) is 2. The maximum atomic E-state index is 12.7. The Balaban J connectivity index is 2.47. The van der Waals surface area contributed by atoms with Crippen LogP contribution >= 0.6 is 11.6 Å². The van der Waals surface area contributed by atoms with Gasteiger partial charge in [0.05, 0.1) is 5.69 Å². The van der Waals surface area contributed by atoms with E-state index in [2.05, 4.69) is 4.99 Å². The van der Waals surface area contributed by atoms with E-state index in [4.69, 9.17) is 21.1 Å². The molecule has 7 nitrogen and oxygen atoms in total. The molecular formula is C18H21ClN2O5. The average Bonchev–Trinajstić information content (AvgIpc) is 2.67. The smallest absolute Gasteiger partial charge is 0.434 e. The van der Waals surface area contributed by atoms with Crippen molar-refractivity contribution in [2.75, 3.05) is 4.90 Å². The topological polar surface area (TPSA) is 85.3 Å². The van der Waals surface area contributed by atoms with Crippen molar-refractivity contribution in [3.05, 3.63) is 28.8 Å². The monoisotopic (exact) mass is 380 g/mol. The van der Waals surface area contributed by atoms with Crippen LogP contribution in [0.15, 0.2) is 23.2 Å². The van der Waals surface area contributed by atoms with Gasteiger partial charge in [-0.05, 0) is 59.7 Å². The first kappa shape index (κ1) is 19.9. The summed E-state index contributed by atoms with van der Waals surface area (Å²) >= 11 is 6.00. The number of anilines is 1. The van der Waals surface area contributed by atoms with E-state index >= 15 is 0 Å². The highest BCUT2D eigenvalue weighted by Gasteiger charge is 2.41. The van der Waals surface area contributed by atoms with Crippen molar-refractivity contribution in [2.24, 2.45) is 4.99 Å². The van der Waals surface area contributed by atoms with Crippen LogP contribution in [0.2, 0.25) is 5.02 Å². The van der Waals surface area contributed by atoms with Gasteiger partial charge >= 0.3 is 12.2 Å². The van der Waals surface area contributed by atoms with Crippen LogP contribution in [0.3, 0.4) is 0 Å². The quantitative estimate of drug-likeness (QED) is 0.668. The highest BCUT2D eigenvalue weighted by atomic mass is 35.5. The molecule has 1 aromatic carbocycles. The second kappa shape index (κ2) is 6.72. The van der Waals surface area contributed by atoms with Gasteiger partial charge in [0.2, 0.25) is 0 Å². The average molecular weight is 381 g/mol. The molecule has 0 saturated heterocycles. The summed E-state index contributed by atoms with van der Waals surface area (Å²) in [5, 5.41) is 0.333. The Hall–Kier alpha value is -2.41. The molecule has 1 aliphatic heterocycles. The number of benzene rings is 1. The SMILES string of the molecule is CC(C)(C)OC(=O)/N=C1/C(=O)N(C(=O)OC(C)(C)C)c2ccc(Cl)cc21. The molecule has 2 rings (SSSR count). The predicted molar refractivity (Wildman–Crippen MR) is 97.9 cm³/mol. The lowest BCUT2D eigenvalue weighted by molar-refractivity contribution is -0.112. The summed E-state index contributed by atoms with van der Waals surface area (Å²) < 4.78 is 10.4. The van der Waals surface area contributed by atoms with Gasteiger partial charge in [-0.2, -0.15) is 4.99 Å². The number of rotatable bonds is 0. The van der Waals surface area contributed by atoms with E-state index < -0.39 is 29.3 Å². The van der Waals surface area contributed by atoms with Gasteiger partial charge in [0, 0.05) is 10.6 Å². The van der Waals surface area contributed by atoms with Crippen LogP contribution in [-0.4, -0.2) is 35.0 Å². The number of ether oxygens (including phenoxy) is 2. The van der Waals surface area contributed by atoms with Crippen molar-refractivity contribution in [2.45, 2.75) is 52.7 Å². The highest BCUT2D eigenvalue weighted by molar-refractivity contribution is 6.58. The largest absolute Gasteiger partial charge is 0.443 e. The maximum Gasteiger partial charge on any atom is 0.434 e. The van der Waals surface area contributed by atoms with Gasteiger partial charge in [-0.3, -0.25) is 4.79 Å². The lowest BCUT2D eigenvalue weighted by Crippen LogP contribution is -2.40. The van der Waals surface area contributed by atoms with Gasteiger partial charge in [0.1, 0.15) is 16.9 Å². The standard InChI is InChI=1S/C18H21ClN2O5/c1-17(2,3)25-15(23)20-13-11-9-10(19)7-8-12(11)21(14(13)22)16(24)26-18(4,5)6/h7-9H,1-6H3/b20-13+. The Labute approximate surface area is 156 Å². The van der Waals surface area contributed by atoms with E-state index in [9.17, 15) is 14.4 Å². The molecule has 0 radical (unpaired) electrons. The molecule has 0 aromatic heterocycles. The minimum atomic E-state index is -0.933. The summed E-state index contributed by atoms with van der Waals surface area (Å²) in [7, 11) is 0. The highest BCUT2D eigenvalue weighted by Crippen LogP contribution is 2.33. The van der Waals surface area contributed by atoms with E-state index in [0.717, 1.165) is 4.90 Å². The minimum absolute atomic E-state index is 0.220. The van der Waals surface area contributed by atoms with Crippen molar-refractivity contribution in [3.8, 4) is 0 Å². The number of carbonyl (C=O) groups is 3. The molecule has 0 N–H and O–H groups in total. The predicted octanol–water partition coefficient (Wildman–Crippen LogP) is 4.35. The van der Waals surface area contributed by atoms with Crippen LogP contribution in [0.1, 0.15) is 47.1 Å². The molecule has 3 amide bonds. The Morgan fingerprint density at radius 3 is 2.15 bits per heavy atom. The Bertz CT molecular complexity index is 803. The van der Waals surface area contributed by atoms with Crippen molar-refractivity contribution < 1.29 is 23.9 Å². The maximum absolute atomic E-state index is 12.7. The van der Waals surface area contributed by atoms with E-state index in [1.54, 1.807) is 41.5 Å². The zero-order valence-corrected chi connectivity index (χ0v) is 16.3. The second-order valence-electron chi connectivity index (χ2n) is 7.72. The van der Waals surface area contributed by atoms with Crippen molar-refractivity contribution in [3.63, 3.8) is 0 Å². The first-order valence-electron chi connectivity index (χ1n) is 7.97. The molecule has 1 aromatic rings. The fourth-order valence-electron chi connectivity index (χ4n) is 2.20. The Kier molecular flexibility index (Phi) is 5.14. The molecule has 0 unspecified atom stereocenters. The van der Waals surface area contributed by atoms with Crippen LogP contribution in [0.4, 0.5) is 15.3 Å². The number of imide groups is 1. The molecular weight excluding hydrogens is 360 g/mol. The normalized spacial score (nSPS) is 15.9. The lowest BCUT2D eigenvalue weighted by Gasteiger charge is -2.23. The van der Waals surface area contributed by atoms with Crippen molar-refractivity contribution in [1.29, 1.82) is 0 Å². The van der Waals surface area contributed by atoms with Gasteiger partial charge in [-0.15, -0.1) is 0 Å². The van der Waals surface area contributed by atoms with Crippen LogP contribution in [0, 0.1) is 0 Å². The van der Waals surface area contributed by atoms with Gasteiger partial charge in [0.15, 0.2) is 0 Å². The fourth-order valence-corrected chi connectivity index (χ4v) is 2.37. The summed E-state index contributed by atoms with van der Waals surface area (Å²) in [5.41, 5.74) is -1.28. The molecule has 0 aliphatic carbocycles. The van der Waals surface area contributed by atoms with E-state index in [0.29, 0.717) is 5.02 Å². The van der Waals surface area contributed by atoms with Crippen LogP contribution in [0.5, 0.6) is 0 Å². The Morgan fingerprint density at radius 2 is 1.62 bits per heavy atom. The number of hydrogen-bond acceptors (Lipinski definition) is 5. The van der Waals surface area contributed by atoms with Gasteiger partial charge in [-0.1, -0.05) is 11.6 Å². The molecule has 1 aliphatic rings. The summed E-state index contributed by atoms with van der Waals surface area (Å²) in [6.45, 7) is 10.1.